The van der Waals surface area contributed by atoms with Crippen molar-refractivity contribution >= 4 is 11.9 Å². The van der Waals surface area contributed by atoms with Gasteiger partial charge in [0.15, 0.2) is 0 Å². The molecule has 0 aliphatic carbocycles. The van der Waals surface area contributed by atoms with Crippen LogP contribution in [0.25, 0.3) is 0 Å². The summed E-state index contributed by atoms with van der Waals surface area (Å²) in [7, 11) is 1.94. The highest BCUT2D eigenvalue weighted by Crippen LogP contribution is 2.29. The number of anilines is 1. The Morgan fingerprint density at radius 2 is 2.36 bits per heavy atom. The number of carbonyl (C=O) groups is 1. The number of carboxylic acid groups (broad SMARTS) is 1. The van der Waals surface area contributed by atoms with Gasteiger partial charge in [-0.05, 0) is 7.05 Å². The molecule has 0 saturated heterocycles. The summed E-state index contributed by atoms with van der Waals surface area (Å²) >= 11 is 0. The van der Waals surface area contributed by atoms with Gasteiger partial charge in [-0.15, -0.1) is 0 Å². The van der Waals surface area contributed by atoms with E-state index in [9.17, 15) is 4.79 Å². The number of nitrogen functional groups attached to an aromatic ring is 1. The van der Waals surface area contributed by atoms with E-state index in [1.807, 2.05) is 11.9 Å². The average molecular weight is 196 g/mol. The number of carboxylic acids is 1. The normalized spacial score (nSPS) is 16.6. The number of hydrogen-bond donors (Lipinski definition) is 2. The molecular weight excluding hydrogens is 184 g/mol. The summed E-state index contributed by atoms with van der Waals surface area (Å²) in [6, 6.07) is 0. The number of likely N-dealkylation sites (N-methyl/N-ethyl adjacent to an activating group) is 1. The lowest BCUT2D eigenvalue weighted by atomic mass is 10.0. The van der Waals surface area contributed by atoms with Crippen molar-refractivity contribution in [3.63, 3.8) is 0 Å². The fourth-order valence-corrected chi connectivity index (χ4v) is 1.78. The molecule has 0 unspecified atom stereocenters. The van der Waals surface area contributed by atoms with Crippen LogP contribution in [0, 0.1) is 0 Å². The van der Waals surface area contributed by atoms with Gasteiger partial charge < -0.3 is 20.2 Å². The van der Waals surface area contributed by atoms with Crippen LogP contribution in [0.4, 0.5) is 5.88 Å². The molecule has 2 rings (SSSR count). The van der Waals surface area contributed by atoms with E-state index in [4.69, 9.17) is 15.3 Å². The van der Waals surface area contributed by atoms with Crippen molar-refractivity contribution in [1.82, 2.24) is 4.90 Å². The van der Waals surface area contributed by atoms with E-state index < -0.39 is 5.97 Å². The Hall–Kier alpha value is -1.49. The minimum atomic E-state index is -1.01. The summed E-state index contributed by atoms with van der Waals surface area (Å²) < 4.78 is 5.22. The second-order valence-electron chi connectivity index (χ2n) is 3.54. The smallest absolute Gasteiger partial charge is 0.341 e. The largest absolute Gasteiger partial charge is 0.477 e. The maximum atomic E-state index is 10.9. The number of nitrogens with two attached hydrogens (primary N) is 1. The Kier molecular flexibility index (Phi) is 1.96. The van der Waals surface area contributed by atoms with E-state index >= 15 is 0 Å². The molecule has 14 heavy (non-hydrogen) atoms. The Morgan fingerprint density at radius 1 is 1.64 bits per heavy atom. The van der Waals surface area contributed by atoms with Crippen molar-refractivity contribution in [2.45, 2.75) is 13.0 Å². The molecule has 1 aromatic rings. The Bertz CT molecular complexity index is 384. The number of aromatic carboxylic acids is 1. The van der Waals surface area contributed by atoms with Crippen LogP contribution in [0.2, 0.25) is 0 Å². The lowest BCUT2D eigenvalue weighted by Gasteiger charge is -2.21. The summed E-state index contributed by atoms with van der Waals surface area (Å²) in [5.41, 5.74) is 6.36. The molecule has 0 bridgehead atoms. The van der Waals surface area contributed by atoms with Gasteiger partial charge in [0.1, 0.15) is 11.3 Å². The first-order valence-electron chi connectivity index (χ1n) is 4.41. The molecule has 1 aliphatic rings. The van der Waals surface area contributed by atoms with Gasteiger partial charge in [0, 0.05) is 25.1 Å². The number of furan rings is 1. The highest BCUT2D eigenvalue weighted by molar-refractivity contribution is 5.94. The third-order valence-corrected chi connectivity index (χ3v) is 2.48. The SMILES string of the molecule is CN1CCc2oc(N)c(C(=O)O)c2C1. The van der Waals surface area contributed by atoms with Crippen LogP contribution in [0.5, 0.6) is 0 Å². The van der Waals surface area contributed by atoms with Crippen LogP contribution in [0.1, 0.15) is 21.7 Å². The van der Waals surface area contributed by atoms with Gasteiger partial charge in [-0.1, -0.05) is 0 Å². The van der Waals surface area contributed by atoms with Crippen molar-refractivity contribution in [3.8, 4) is 0 Å². The predicted octanol–water partition coefficient (Wildman–Crippen LogP) is 0.548. The van der Waals surface area contributed by atoms with Crippen LogP contribution in [-0.4, -0.2) is 29.6 Å². The van der Waals surface area contributed by atoms with Gasteiger partial charge in [0.2, 0.25) is 5.88 Å². The van der Waals surface area contributed by atoms with E-state index in [2.05, 4.69) is 0 Å². The first-order chi connectivity index (χ1) is 6.59. The lowest BCUT2D eigenvalue weighted by Crippen LogP contribution is -2.26. The first kappa shape index (κ1) is 9.08. The minimum absolute atomic E-state index is 0.0257. The first-order valence-corrected chi connectivity index (χ1v) is 4.41. The van der Waals surface area contributed by atoms with E-state index in [0.717, 1.165) is 24.3 Å². The molecule has 3 N–H and O–H groups in total. The second-order valence-corrected chi connectivity index (χ2v) is 3.54. The molecule has 0 amide bonds. The van der Waals surface area contributed by atoms with Gasteiger partial charge in [-0.25, -0.2) is 4.79 Å². The third-order valence-electron chi connectivity index (χ3n) is 2.48. The molecule has 0 radical (unpaired) electrons. The molecular formula is C9H12N2O3. The summed E-state index contributed by atoms with van der Waals surface area (Å²) in [4.78, 5) is 12.9. The van der Waals surface area contributed by atoms with Crippen LogP contribution < -0.4 is 5.73 Å². The standard InChI is InChI=1S/C9H12N2O3/c1-11-3-2-6-5(4-11)7(9(12)13)8(10)14-6/h2-4,10H2,1H3,(H,12,13). The van der Waals surface area contributed by atoms with Crippen molar-refractivity contribution in [2.75, 3.05) is 19.3 Å². The summed E-state index contributed by atoms with van der Waals surface area (Å²) in [6.07, 6.45) is 0.726. The van der Waals surface area contributed by atoms with Crippen molar-refractivity contribution in [2.24, 2.45) is 0 Å². The lowest BCUT2D eigenvalue weighted by molar-refractivity contribution is 0.0695. The third kappa shape index (κ3) is 1.26. The number of fused-ring (bicyclic) bond motifs is 1. The predicted molar refractivity (Wildman–Crippen MR) is 50.1 cm³/mol. The molecule has 0 aromatic carbocycles. The summed E-state index contributed by atoms with van der Waals surface area (Å²) in [5, 5.41) is 8.94. The molecule has 1 aromatic heterocycles. The second kappa shape index (κ2) is 3.02. The molecule has 0 atom stereocenters. The Labute approximate surface area is 81.1 Å². The average Bonchev–Trinajstić information content (AvgIpc) is 2.40. The van der Waals surface area contributed by atoms with Gasteiger partial charge in [0.25, 0.3) is 0 Å². The molecule has 5 heteroatoms. The van der Waals surface area contributed by atoms with Crippen molar-refractivity contribution in [1.29, 1.82) is 0 Å². The van der Waals surface area contributed by atoms with E-state index in [1.165, 1.54) is 0 Å². The van der Waals surface area contributed by atoms with Crippen molar-refractivity contribution in [3.05, 3.63) is 16.9 Å². The fourth-order valence-electron chi connectivity index (χ4n) is 1.78. The van der Waals surface area contributed by atoms with E-state index in [-0.39, 0.29) is 11.4 Å². The van der Waals surface area contributed by atoms with E-state index in [1.54, 1.807) is 0 Å². The molecule has 0 spiro atoms. The maximum absolute atomic E-state index is 10.9. The maximum Gasteiger partial charge on any atom is 0.341 e. The van der Waals surface area contributed by atoms with Gasteiger partial charge in [-0.2, -0.15) is 0 Å². The zero-order valence-corrected chi connectivity index (χ0v) is 7.91. The monoisotopic (exact) mass is 196 g/mol. The Morgan fingerprint density at radius 3 is 3.00 bits per heavy atom. The molecule has 0 saturated carbocycles. The number of rotatable bonds is 1. The van der Waals surface area contributed by atoms with Crippen LogP contribution >= 0.6 is 0 Å². The highest BCUT2D eigenvalue weighted by Gasteiger charge is 2.27. The van der Waals surface area contributed by atoms with E-state index in [0.29, 0.717) is 6.54 Å². The Balaban J connectivity index is 2.50. The fraction of sp³-hybridized carbons (Fsp3) is 0.444. The quantitative estimate of drug-likeness (QED) is 0.685. The highest BCUT2D eigenvalue weighted by atomic mass is 16.4. The van der Waals surface area contributed by atoms with Crippen molar-refractivity contribution < 1.29 is 14.3 Å². The van der Waals surface area contributed by atoms with Crippen LogP contribution in [0.15, 0.2) is 4.42 Å². The topological polar surface area (TPSA) is 79.7 Å². The summed E-state index contributed by atoms with van der Waals surface area (Å²) in [5.74, 6) is -0.265. The zero-order valence-electron chi connectivity index (χ0n) is 7.91. The minimum Gasteiger partial charge on any atom is -0.477 e. The number of nitrogens with zero attached hydrogens (tertiary/aromatic N) is 1. The molecule has 1 aliphatic heterocycles. The van der Waals surface area contributed by atoms with Crippen LogP contribution in [0.3, 0.4) is 0 Å². The molecule has 5 nitrogen and oxygen atoms in total. The summed E-state index contributed by atoms with van der Waals surface area (Å²) in [6.45, 7) is 1.47. The zero-order chi connectivity index (χ0) is 10.3. The van der Waals surface area contributed by atoms with Gasteiger partial charge in [-0.3, -0.25) is 0 Å². The molecule has 2 heterocycles. The van der Waals surface area contributed by atoms with Gasteiger partial charge >= 0.3 is 5.97 Å². The van der Waals surface area contributed by atoms with Crippen LogP contribution in [-0.2, 0) is 13.0 Å². The molecule has 0 fully saturated rings. The van der Waals surface area contributed by atoms with Gasteiger partial charge in [0.05, 0.1) is 0 Å². The molecule has 76 valence electrons. The number of hydrogen-bond acceptors (Lipinski definition) is 4.